The number of aromatic nitrogens is 1. The molecule has 3 rings (SSSR count). The van der Waals surface area contributed by atoms with Gasteiger partial charge in [0.05, 0.1) is 12.0 Å². The molecular weight excluding hydrogens is 300 g/mol. The molecule has 20 heavy (non-hydrogen) atoms. The molecule has 1 amide bonds. The second-order valence-corrected chi connectivity index (χ2v) is 8.06. The number of carboxylic acids is 1. The molecule has 1 aromatic heterocycles. The third-order valence-electron chi connectivity index (χ3n) is 4.17. The molecule has 2 aliphatic heterocycles. The Hall–Kier alpha value is -1.12. The van der Waals surface area contributed by atoms with E-state index in [1.54, 1.807) is 25.4 Å². The number of carboxylic acid groups (broad SMARTS) is 1. The van der Waals surface area contributed by atoms with E-state index in [0.717, 1.165) is 0 Å². The van der Waals surface area contributed by atoms with Gasteiger partial charge in [0.15, 0.2) is 5.54 Å². The van der Waals surface area contributed by atoms with Crippen molar-refractivity contribution in [2.45, 2.75) is 35.4 Å². The first-order valence-corrected chi connectivity index (χ1v) is 7.87. The highest BCUT2D eigenvalue weighted by atomic mass is 32.2. The SMILES string of the molecule is CC1(C)S[C@@H]2[C@H](c3nccs3)C(=O)N2[C@@]1(CO)C(=O)O. The lowest BCUT2D eigenvalue weighted by Crippen LogP contribution is -2.71. The van der Waals surface area contributed by atoms with Gasteiger partial charge in [-0.3, -0.25) is 4.79 Å². The minimum absolute atomic E-state index is 0.264. The Balaban J connectivity index is 2.03. The third kappa shape index (κ3) is 1.41. The number of thiazole rings is 1. The third-order valence-corrected chi connectivity index (χ3v) is 6.68. The molecule has 2 aliphatic rings. The fourth-order valence-corrected chi connectivity index (χ4v) is 5.65. The fraction of sp³-hybridized carbons (Fsp3) is 0.583. The summed E-state index contributed by atoms with van der Waals surface area (Å²) in [5, 5.41) is 21.5. The molecular formula is C12H14N2O4S2. The molecule has 108 valence electrons. The van der Waals surface area contributed by atoms with Crippen molar-refractivity contribution in [2.24, 2.45) is 0 Å². The lowest BCUT2D eigenvalue weighted by Gasteiger charge is -2.48. The van der Waals surface area contributed by atoms with Gasteiger partial charge >= 0.3 is 5.97 Å². The van der Waals surface area contributed by atoms with Crippen molar-refractivity contribution >= 4 is 35.0 Å². The van der Waals surface area contributed by atoms with E-state index < -0.39 is 28.8 Å². The molecule has 6 nitrogen and oxygen atoms in total. The van der Waals surface area contributed by atoms with Gasteiger partial charge in [-0.2, -0.15) is 0 Å². The zero-order chi connectivity index (χ0) is 14.7. The van der Waals surface area contributed by atoms with E-state index in [0.29, 0.717) is 5.01 Å². The summed E-state index contributed by atoms with van der Waals surface area (Å²) in [4.78, 5) is 29.6. The van der Waals surface area contributed by atoms with Crippen LogP contribution < -0.4 is 0 Å². The molecule has 8 heteroatoms. The molecule has 0 aromatic carbocycles. The molecule has 0 radical (unpaired) electrons. The van der Waals surface area contributed by atoms with E-state index in [2.05, 4.69) is 4.98 Å². The average Bonchev–Trinajstić information content (AvgIpc) is 2.93. The van der Waals surface area contributed by atoms with Gasteiger partial charge in [0.25, 0.3) is 0 Å². The summed E-state index contributed by atoms with van der Waals surface area (Å²) in [6.07, 6.45) is 1.64. The van der Waals surface area contributed by atoms with Crippen molar-refractivity contribution in [2.75, 3.05) is 6.61 Å². The first-order chi connectivity index (χ1) is 9.37. The van der Waals surface area contributed by atoms with Gasteiger partial charge in [0.2, 0.25) is 5.91 Å². The van der Waals surface area contributed by atoms with Crippen LogP contribution in [0.25, 0.3) is 0 Å². The van der Waals surface area contributed by atoms with Crippen molar-refractivity contribution in [3.8, 4) is 0 Å². The number of fused-ring (bicyclic) bond motifs is 1. The summed E-state index contributed by atoms with van der Waals surface area (Å²) in [5.74, 6) is -1.82. The molecule has 0 saturated carbocycles. The van der Waals surface area contributed by atoms with E-state index >= 15 is 0 Å². The monoisotopic (exact) mass is 314 g/mol. The van der Waals surface area contributed by atoms with Gasteiger partial charge in [-0.15, -0.1) is 23.1 Å². The standard InChI is InChI=1S/C12H14N2O4S2/c1-11(2)12(5-15,10(17)18)14-8(16)6(9(14)20-11)7-13-3-4-19-7/h3-4,6,9,15H,5H2,1-2H3,(H,17,18)/t6-,9-,12+/m1/s1. The summed E-state index contributed by atoms with van der Waals surface area (Å²) in [5.41, 5.74) is -1.56. The molecule has 3 heterocycles. The van der Waals surface area contributed by atoms with Gasteiger partial charge in [-0.1, -0.05) is 0 Å². The van der Waals surface area contributed by atoms with E-state index in [1.165, 1.54) is 28.0 Å². The maximum Gasteiger partial charge on any atom is 0.333 e. The molecule has 2 saturated heterocycles. The van der Waals surface area contributed by atoms with Gasteiger partial charge in [0.1, 0.15) is 10.9 Å². The molecule has 0 spiro atoms. The van der Waals surface area contributed by atoms with Crippen LogP contribution in [-0.4, -0.2) is 54.2 Å². The highest BCUT2D eigenvalue weighted by Gasteiger charge is 2.73. The van der Waals surface area contributed by atoms with E-state index in [-0.39, 0.29) is 11.3 Å². The highest BCUT2D eigenvalue weighted by molar-refractivity contribution is 8.01. The summed E-state index contributed by atoms with van der Waals surface area (Å²) in [6.45, 7) is 2.92. The first-order valence-electron chi connectivity index (χ1n) is 6.11. The number of amides is 1. The van der Waals surface area contributed by atoms with Gasteiger partial charge in [-0.05, 0) is 13.8 Å². The fourth-order valence-electron chi connectivity index (χ4n) is 2.99. The van der Waals surface area contributed by atoms with Crippen LogP contribution in [0.4, 0.5) is 0 Å². The Bertz CT molecular complexity index is 574. The number of carbonyl (C=O) groups excluding carboxylic acids is 1. The second kappa shape index (κ2) is 4.19. The van der Waals surface area contributed by atoms with Crippen LogP contribution in [-0.2, 0) is 9.59 Å². The largest absolute Gasteiger partial charge is 0.479 e. The summed E-state index contributed by atoms with van der Waals surface area (Å²) in [7, 11) is 0. The Morgan fingerprint density at radius 2 is 2.25 bits per heavy atom. The minimum atomic E-state index is -1.56. The number of rotatable bonds is 3. The van der Waals surface area contributed by atoms with Gasteiger partial charge in [0, 0.05) is 16.3 Å². The molecule has 3 atom stereocenters. The number of aliphatic hydroxyl groups is 1. The summed E-state index contributed by atoms with van der Waals surface area (Å²) < 4.78 is -0.764. The Kier molecular flexibility index (Phi) is 2.90. The van der Waals surface area contributed by atoms with Crippen LogP contribution in [0.2, 0.25) is 0 Å². The number of nitrogens with zero attached hydrogens (tertiary/aromatic N) is 2. The van der Waals surface area contributed by atoms with Gasteiger partial charge < -0.3 is 15.1 Å². The normalized spacial score (nSPS) is 34.8. The summed E-state index contributed by atoms with van der Waals surface area (Å²) in [6, 6.07) is 0. The van der Waals surface area contributed by atoms with Crippen LogP contribution >= 0.6 is 23.1 Å². The number of thioether (sulfide) groups is 1. The van der Waals surface area contributed by atoms with Crippen molar-refractivity contribution in [1.29, 1.82) is 0 Å². The summed E-state index contributed by atoms with van der Waals surface area (Å²) >= 11 is 2.81. The predicted octanol–water partition coefficient (Wildman–Crippen LogP) is 0.736. The van der Waals surface area contributed by atoms with Crippen LogP contribution in [0.3, 0.4) is 0 Å². The van der Waals surface area contributed by atoms with E-state index in [1.807, 2.05) is 0 Å². The lowest BCUT2D eigenvalue weighted by molar-refractivity contribution is -0.174. The Morgan fingerprint density at radius 3 is 2.75 bits per heavy atom. The molecule has 2 fully saturated rings. The number of aliphatic hydroxyl groups excluding tert-OH is 1. The predicted molar refractivity (Wildman–Crippen MR) is 74.6 cm³/mol. The van der Waals surface area contributed by atoms with Crippen LogP contribution in [0.1, 0.15) is 24.8 Å². The average molecular weight is 314 g/mol. The van der Waals surface area contributed by atoms with E-state index in [4.69, 9.17) is 0 Å². The number of hydrogen-bond donors (Lipinski definition) is 2. The number of β-lactam (4-membered cyclic amide) rings is 1. The van der Waals surface area contributed by atoms with Crippen molar-refractivity contribution in [1.82, 2.24) is 9.88 Å². The maximum atomic E-state index is 12.4. The number of hydrogen-bond acceptors (Lipinski definition) is 6. The molecule has 0 bridgehead atoms. The zero-order valence-electron chi connectivity index (χ0n) is 10.9. The van der Waals surface area contributed by atoms with Crippen molar-refractivity contribution in [3.05, 3.63) is 16.6 Å². The van der Waals surface area contributed by atoms with Crippen LogP contribution in [0.5, 0.6) is 0 Å². The highest BCUT2D eigenvalue weighted by Crippen LogP contribution is 2.61. The molecule has 2 N–H and O–H groups in total. The quantitative estimate of drug-likeness (QED) is 0.800. The van der Waals surface area contributed by atoms with Crippen molar-refractivity contribution in [3.63, 3.8) is 0 Å². The Labute approximate surface area is 123 Å². The minimum Gasteiger partial charge on any atom is -0.479 e. The molecule has 0 aliphatic carbocycles. The van der Waals surface area contributed by atoms with Crippen LogP contribution in [0.15, 0.2) is 11.6 Å². The maximum absolute atomic E-state index is 12.4. The Morgan fingerprint density at radius 1 is 1.55 bits per heavy atom. The molecule has 0 unspecified atom stereocenters. The van der Waals surface area contributed by atoms with Crippen LogP contribution in [0, 0.1) is 0 Å². The zero-order valence-corrected chi connectivity index (χ0v) is 12.6. The smallest absolute Gasteiger partial charge is 0.333 e. The van der Waals surface area contributed by atoms with Crippen molar-refractivity contribution < 1.29 is 19.8 Å². The topological polar surface area (TPSA) is 90.7 Å². The first kappa shape index (κ1) is 13.8. The second-order valence-electron chi connectivity index (χ2n) is 5.40. The van der Waals surface area contributed by atoms with E-state index in [9.17, 15) is 19.8 Å². The lowest BCUT2D eigenvalue weighted by atomic mass is 9.80. The molecule has 1 aromatic rings. The number of aliphatic carboxylic acids is 1. The van der Waals surface area contributed by atoms with Gasteiger partial charge in [-0.25, -0.2) is 9.78 Å². The number of carbonyl (C=O) groups is 2.